The fourth-order valence-corrected chi connectivity index (χ4v) is 4.81. The summed E-state index contributed by atoms with van der Waals surface area (Å²) in [6.07, 6.45) is 3.99. The Labute approximate surface area is 174 Å². The third-order valence-corrected chi connectivity index (χ3v) is 6.47. The van der Waals surface area contributed by atoms with Gasteiger partial charge in [-0.25, -0.2) is 9.18 Å². The number of piperidine rings is 1. The smallest absolute Gasteiger partial charge is 0.341 e. The fourth-order valence-electron chi connectivity index (χ4n) is 4.81. The van der Waals surface area contributed by atoms with E-state index >= 15 is 4.39 Å². The summed E-state index contributed by atoms with van der Waals surface area (Å²) in [5.41, 5.74) is -0.320. The highest BCUT2D eigenvalue weighted by Crippen LogP contribution is 2.45. The number of carboxylic acids is 1. The fraction of sp³-hybridized carbons (Fsp3) is 0.545. The van der Waals surface area contributed by atoms with E-state index in [4.69, 9.17) is 4.74 Å². The van der Waals surface area contributed by atoms with Gasteiger partial charge in [0.25, 0.3) is 0 Å². The van der Waals surface area contributed by atoms with Crippen LogP contribution in [0.5, 0.6) is 5.75 Å². The van der Waals surface area contributed by atoms with E-state index in [1.807, 2.05) is 11.9 Å². The zero-order chi connectivity index (χ0) is 21.8. The number of aromatic nitrogens is 1. The highest BCUT2D eigenvalue weighted by molar-refractivity contribution is 5.97. The van der Waals surface area contributed by atoms with Crippen molar-refractivity contribution in [3.63, 3.8) is 0 Å². The molecule has 2 aliphatic rings. The third kappa shape index (κ3) is 3.23. The van der Waals surface area contributed by atoms with Crippen molar-refractivity contribution in [1.82, 2.24) is 9.88 Å². The Morgan fingerprint density at radius 1 is 1.33 bits per heavy atom. The molecule has 8 heteroatoms. The number of nitrogens with zero attached hydrogens (tertiary/aromatic N) is 2. The standard InChI is InChI=1S/C22H28FN3O4/c1-22(2)11-25(8-7-16(22)24-3)18-15(23)9-13-17(20(18)30-4)26(12-5-6-12)10-14(19(13)27)21(28)29/h9-10,12,16,24H,5-8,11H2,1-4H3,(H,28,29). The molecule has 2 N–H and O–H groups in total. The Morgan fingerprint density at radius 2 is 2.03 bits per heavy atom. The van der Waals surface area contributed by atoms with Gasteiger partial charge in [0.05, 0.1) is 18.0 Å². The summed E-state index contributed by atoms with van der Waals surface area (Å²) in [5, 5.41) is 12.8. The molecular weight excluding hydrogens is 389 g/mol. The number of fused-ring (bicyclic) bond motifs is 1. The average Bonchev–Trinajstić information content (AvgIpc) is 3.51. The molecule has 1 saturated carbocycles. The molecule has 1 aliphatic heterocycles. The van der Waals surface area contributed by atoms with E-state index in [2.05, 4.69) is 19.2 Å². The molecule has 7 nitrogen and oxygen atoms in total. The van der Waals surface area contributed by atoms with E-state index in [1.165, 1.54) is 19.4 Å². The lowest BCUT2D eigenvalue weighted by molar-refractivity contribution is 0.0695. The number of carbonyl (C=O) groups is 1. The second kappa shape index (κ2) is 7.27. The number of carboxylic acid groups (broad SMARTS) is 1. The number of rotatable bonds is 5. The van der Waals surface area contributed by atoms with Gasteiger partial charge in [0.1, 0.15) is 11.3 Å². The van der Waals surface area contributed by atoms with Gasteiger partial charge in [-0.05, 0) is 37.8 Å². The van der Waals surface area contributed by atoms with Gasteiger partial charge in [-0.15, -0.1) is 0 Å². The van der Waals surface area contributed by atoms with Crippen LogP contribution in [0.3, 0.4) is 0 Å². The summed E-state index contributed by atoms with van der Waals surface area (Å²) in [6, 6.07) is 1.58. The number of anilines is 1. The Kier molecular flexibility index (Phi) is 5.00. The van der Waals surface area contributed by atoms with Crippen LogP contribution >= 0.6 is 0 Å². The first-order valence-corrected chi connectivity index (χ1v) is 10.3. The molecule has 0 amide bonds. The number of benzene rings is 1. The van der Waals surface area contributed by atoms with Crippen molar-refractivity contribution >= 4 is 22.6 Å². The molecule has 2 fully saturated rings. The molecule has 0 radical (unpaired) electrons. The van der Waals surface area contributed by atoms with Gasteiger partial charge < -0.3 is 24.6 Å². The molecule has 1 saturated heterocycles. The highest BCUT2D eigenvalue weighted by Gasteiger charge is 2.38. The number of halogens is 1. The largest absolute Gasteiger partial charge is 0.492 e. The molecule has 30 heavy (non-hydrogen) atoms. The van der Waals surface area contributed by atoms with Crippen LogP contribution in [-0.4, -0.2) is 48.9 Å². The third-order valence-electron chi connectivity index (χ3n) is 6.47. The lowest BCUT2D eigenvalue weighted by Crippen LogP contribution is -2.53. The molecule has 1 aromatic heterocycles. The van der Waals surface area contributed by atoms with Gasteiger partial charge in [0.2, 0.25) is 5.43 Å². The van der Waals surface area contributed by atoms with Crippen molar-refractivity contribution in [2.45, 2.75) is 45.2 Å². The SMILES string of the molecule is CNC1CCN(c2c(F)cc3c(=O)c(C(=O)O)cn(C4CC4)c3c2OC)CC1(C)C. The van der Waals surface area contributed by atoms with Crippen LogP contribution in [0.2, 0.25) is 0 Å². The van der Waals surface area contributed by atoms with Crippen molar-refractivity contribution in [2.75, 3.05) is 32.1 Å². The average molecular weight is 417 g/mol. The van der Waals surface area contributed by atoms with Crippen LogP contribution in [0.4, 0.5) is 10.1 Å². The Bertz CT molecular complexity index is 1070. The number of aromatic carboxylic acids is 1. The molecule has 1 aliphatic carbocycles. The minimum atomic E-state index is -1.31. The summed E-state index contributed by atoms with van der Waals surface area (Å²) in [5.74, 6) is -1.58. The molecule has 2 aromatic rings. The summed E-state index contributed by atoms with van der Waals surface area (Å²) in [4.78, 5) is 26.4. The summed E-state index contributed by atoms with van der Waals surface area (Å²) >= 11 is 0. The second-order valence-corrected chi connectivity index (χ2v) is 8.99. The topological polar surface area (TPSA) is 83.8 Å². The number of methoxy groups -OCH3 is 1. The predicted molar refractivity (Wildman–Crippen MR) is 113 cm³/mol. The van der Waals surface area contributed by atoms with E-state index in [0.29, 0.717) is 36.1 Å². The van der Waals surface area contributed by atoms with Gasteiger partial charge in [-0.2, -0.15) is 0 Å². The van der Waals surface area contributed by atoms with E-state index in [1.54, 1.807) is 4.57 Å². The summed E-state index contributed by atoms with van der Waals surface area (Å²) < 4.78 is 22.9. The first-order chi connectivity index (χ1) is 14.2. The zero-order valence-corrected chi connectivity index (χ0v) is 17.8. The van der Waals surface area contributed by atoms with Crippen LogP contribution in [0.25, 0.3) is 10.9 Å². The molecule has 0 spiro atoms. The van der Waals surface area contributed by atoms with Crippen molar-refractivity contribution in [3.05, 3.63) is 33.9 Å². The predicted octanol–water partition coefficient (Wildman–Crippen LogP) is 3.01. The minimum absolute atomic E-state index is 0.0456. The maximum Gasteiger partial charge on any atom is 0.341 e. The van der Waals surface area contributed by atoms with Crippen molar-refractivity contribution < 1.29 is 19.0 Å². The van der Waals surface area contributed by atoms with Crippen LogP contribution in [-0.2, 0) is 0 Å². The van der Waals surface area contributed by atoms with Crippen LogP contribution < -0.4 is 20.4 Å². The van der Waals surface area contributed by atoms with E-state index in [0.717, 1.165) is 19.3 Å². The number of hydrogen-bond donors (Lipinski definition) is 2. The Morgan fingerprint density at radius 3 is 2.57 bits per heavy atom. The van der Waals surface area contributed by atoms with Gasteiger partial charge in [-0.1, -0.05) is 13.8 Å². The van der Waals surface area contributed by atoms with Crippen LogP contribution in [0.1, 0.15) is 49.5 Å². The molecule has 1 atom stereocenters. The zero-order valence-electron chi connectivity index (χ0n) is 17.8. The maximum atomic E-state index is 15.4. The molecular formula is C22H28FN3O4. The first kappa shape index (κ1) is 20.7. The number of ether oxygens (including phenoxy) is 1. The van der Waals surface area contributed by atoms with E-state index in [-0.39, 0.29) is 22.4 Å². The van der Waals surface area contributed by atoms with E-state index < -0.39 is 17.2 Å². The number of nitrogens with one attached hydrogen (secondary N) is 1. The van der Waals surface area contributed by atoms with Crippen molar-refractivity contribution in [2.24, 2.45) is 5.41 Å². The van der Waals surface area contributed by atoms with Gasteiger partial charge in [0, 0.05) is 31.4 Å². The Balaban J connectivity index is 1.96. The first-order valence-electron chi connectivity index (χ1n) is 10.3. The molecule has 1 aromatic carbocycles. The van der Waals surface area contributed by atoms with Gasteiger partial charge in [0.15, 0.2) is 11.6 Å². The number of pyridine rings is 1. The molecule has 2 heterocycles. The van der Waals surface area contributed by atoms with Gasteiger partial charge >= 0.3 is 5.97 Å². The van der Waals surface area contributed by atoms with E-state index in [9.17, 15) is 14.7 Å². The summed E-state index contributed by atoms with van der Waals surface area (Å²) in [6.45, 7) is 5.56. The maximum absolute atomic E-state index is 15.4. The highest BCUT2D eigenvalue weighted by atomic mass is 19.1. The van der Waals surface area contributed by atoms with Crippen LogP contribution in [0, 0.1) is 11.2 Å². The number of hydrogen-bond acceptors (Lipinski definition) is 5. The normalized spacial score (nSPS) is 21.1. The monoisotopic (exact) mass is 417 g/mol. The molecule has 1 unspecified atom stereocenters. The molecule has 0 bridgehead atoms. The lowest BCUT2D eigenvalue weighted by Gasteiger charge is -2.45. The minimum Gasteiger partial charge on any atom is -0.492 e. The summed E-state index contributed by atoms with van der Waals surface area (Å²) in [7, 11) is 3.41. The van der Waals surface area contributed by atoms with Crippen molar-refractivity contribution in [1.29, 1.82) is 0 Å². The van der Waals surface area contributed by atoms with Gasteiger partial charge in [-0.3, -0.25) is 4.79 Å². The lowest BCUT2D eigenvalue weighted by atomic mass is 9.79. The second-order valence-electron chi connectivity index (χ2n) is 8.99. The van der Waals surface area contributed by atoms with Crippen molar-refractivity contribution in [3.8, 4) is 5.75 Å². The molecule has 4 rings (SSSR count). The quantitative estimate of drug-likeness (QED) is 0.778. The molecule has 162 valence electrons. The Hall–Kier alpha value is -2.61. The van der Waals surface area contributed by atoms with Crippen LogP contribution in [0.15, 0.2) is 17.1 Å².